The number of ether oxygens (including phenoxy) is 2. The Kier molecular flexibility index (Phi) is 6.09. The van der Waals surface area contributed by atoms with E-state index in [1.165, 1.54) is 19.3 Å². The normalized spacial score (nSPS) is 37.0. The molecule has 122 valence electrons. The highest BCUT2D eigenvalue weighted by atomic mass is 16.6. The van der Waals surface area contributed by atoms with Crippen LogP contribution in [-0.4, -0.2) is 24.8 Å². The van der Waals surface area contributed by atoms with Crippen LogP contribution in [0.5, 0.6) is 0 Å². The van der Waals surface area contributed by atoms with E-state index < -0.39 is 0 Å². The summed E-state index contributed by atoms with van der Waals surface area (Å²) in [4.78, 5) is 11.8. The summed E-state index contributed by atoms with van der Waals surface area (Å²) in [5, 5.41) is 0. The van der Waals surface area contributed by atoms with Gasteiger partial charge < -0.3 is 9.47 Å². The molecule has 5 atom stereocenters. The highest BCUT2D eigenvalue weighted by Crippen LogP contribution is 2.43. The average molecular weight is 296 g/mol. The molecule has 0 N–H and O–H groups in total. The molecule has 2 rings (SSSR count). The molecule has 0 bridgehead atoms. The first-order valence-electron chi connectivity index (χ1n) is 8.84. The van der Waals surface area contributed by atoms with Gasteiger partial charge in [0.1, 0.15) is 12.2 Å². The number of hydrogen-bond donors (Lipinski definition) is 0. The maximum Gasteiger partial charge on any atom is 0.308 e. The predicted molar refractivity (Wildman–Crippen MR) is 84.0 cm³/mol. The minimum absolute atomic E-state index is 0.00972. The summed E-state index contributed by atoms with van der Waals surface area (Å²) in [6.07, 6.45) is 6.36. The van der Waals surface area contributed by atoms with Crippen LogP contribution in [0.15, 0.2) is 0 Å². The van der Waals surface area contributed by atoms with E-state index in [2.05, 4.69) is 27.7 Å². The third-order valence-corrected chi connectivity index (χ3v) is 5.33. The van der Waals surface area contributed by atoms with Crippen LogP contribution in [0.25, 0.3) is 0 Å². The zero-order valence-corrected chi connectivity index (χ0v) is 14.1. The van der Waals surface area contributed by atoms with Gasteiger partial charge in [0.25, 0.3) is 0 Å². The molecular formula is C18H32O3. The van der Waals surface area contributed by atoms with Crippen molar-refractivity contribution in [3.63, 3.8) is 0 Å². The Morgan fingerprint density at radius 3 is 2.76 bits per heavy atom. The van der Waals surface area contributed by atoms with Gasteiger partial charge in [-0.1, -0.05) is 40.5 Å². The summed E-state index contributed by atoms with van der Waals surface area (Å²) in [6.45, 7) is 9.85. The van der Waals surface area contributed by atoms with Crippen molar-refractivity contribution < 1.29 is 14.3 Å². The molecule has 3 nitrogen and oxygen atoms in total. The number of rotatable bonds is 6. The van der Waals surface area contributed by atoms with Gasteiger partial charge in [-0.15, -0.1) is 0 Å². The van der Waals surface area contributed by atoms with Crippen LogP contribution >= 0.6 is 0 Å². The Bertz CT molecular complexity index is 339. The zero-order chi connectivity index (χ0) is 15.4. The van der Waals surface area contributed by atoms with E-state index in [4.69, 9.17) is 9.47 Å². The van der Waals surface area contributed by atoms with Gasteiger partial charge in [0, 0.05) is 12.5 Å². The maximum atomic E-state index is 11.8. The fraction of sp³-hybridized carbons (Fsp3) is 0.944. The van der Waals surface area contributed by atoms with E-state index in [-0.39, 0.29) is 18.2 Å². The first-order valence-corrected chi connectivity index (χ1v) is 8.84. The fourth-order valence-corrected chi connectivity index (χ4v) is 4.11. The Hall–Kier alpha value is -0.570. The maximum absolute atomic E-state index is 11.8. The Morgan fingerprint density at radius 1 is 1.33 bits per heavy atom. The molecule has 0 amide bonds. The lowest BCUT2D eigenvalue weighted by Gasteiger charge is -2.41. The van der Waals surface area contributed by atoms with Crippen molar-refractivity contribution in [2.24, 2.45) is 23.7 Å². The fourth-order valence-electron chi connectivity index (χ4n) is 4.11. The molecule has 2 fully saturated rings. The minimum atomic E-state index is -0.0674. The van der Waals surface area contributed by atoms with Crippen LogP contribution in [0.2, 0.25) is 0 Å². The standard InChI is InChI=1S/C18H32O3/c1-5-6-9-20-16-11-17(19)21-18(16)15-10-13(4)7-8-14(15)12(2)3/h12-16,18H,5-11H2,1-4H3/t13?,14?,15?,16-,18+/m1/s1. The number of cyclic esters (lactones) is 1. The van der Waals surface area contributed by atoms with E-state index >= 15 is 0 Å². The largest absolute Gasteiger partial charge is 0.459 e. The average Bonchev–Trinajstić information content (AvgIpc) is 2.79. The molecule has 1 heterocycles. The zero-order valence-electron chi connectivity index (χ0n) is 14.1. The molecule has 0 aromatic heterocycles. The van der Waals surface area contributed by atoms with E-state index in [1.54, 1.807) is 0 Å². The van der Waals surface area contributed by atoms with Crippen LogP contribution in [0.1, 0.15) is 66.2 Å². The lowest BCUT2D eigenvalue weighted by Crippen LogP contribution is -2.41. The van der Waals surface area contributed by atoms with Gasteiger partial charge in [-0.25, -0.2) is 0 Å². The molecule has 0 aromatic carbocycles. The van der Waals surface area contributed by atoms with Crippen molar-refractivity contribution in [2.75, 3.05) is 6.61 Å². The molecule has 3 unspecified atom stereocenters. The lowest BCUT2D eigenvalue weighted by atomic mass is 9.67. The Balaban J connectivity index is 2.05. The first-order chi connectivity index (χ1) is 10.0. The molecule has 21 heavy (non-hydrogen) atoms. The van der Waals surface area contributed by atoms with Crippen molar-refractivity contribution in [2.45, 2.75) is 78.4 Å². The summed E-state index contributed by atoms with van der Waals surface area (Å²) in [6, 6.07) is 0. The van der Waals surface area contributed by atoms with Gasteiger partial charge in [0.15, 0.2) is 0 Å². The second kappa shape index (κ2) is 7.62. The van der Waals surface area contributed by atoms with Crippen LogP contribution in [0, 0.1) is 23.7 Å². The third-order valence-electron chi connectivity index (χ3n) is 5.33. The van der Waals surface area contributed by atoms with Gasteiger partial charge in [0.2, 0.25) is 0 Å². The van der Waals surface area contributed by atoms with Crippen molar-refractivity contribution >= 4 is 5.97 Å². The summed E-state index contributed by atoms with van der Waals surface area (Å²) in [7, 11) is 0. The molecule has 1 aliphatic heterocycles. The summed E-state index contributed by atoms with van der Waals surface area (Å²) >= 11 is 0. The van der Waals surface area contributed by atoms with Crippen molar-refractivity contribution in [1.82, 2.24) is 0 Å². The second-order valence-electron chi connectivity index (χ2n) is 7.41. The molecule has 2 aliphatic rings. The topological polar surface area (TPSA) is 35.5 Å². The van der Waals surface area contributed by atoms with E-state index in [9.17, 15) is 4.79 Å². The minimum Gasteiger partial charge on any atom is -0.459 e. The molecule has 1 saturated heterocycles. The molecule has 0 aromatic rings. The number of carbonyl (C=O) groups is 1. The van der Waals surface area contributed by atoms with Crippen LogP contribution in [-0.2, 0) is 14.3 Å². The lowest BCUT2D eigenvalue weighted by molar-refractivity contribution is -0.147. The third kappa shape index (κ3) is 4.21. The van der Waals surface area contributed by atoms with Crippen LogP contribution in [0.3, 0.4) is 0 Å². The number of hydrogen-bond acceptors (Lipinski definition) is 3. The Labute approximate surface area is 129 Å². The van der Waals surface area contributed by atoms with Gasteiger partial charge in [-0.05, 0) is 37.0 Å². The Morgan fingerprint density at radius 2 is 2.10 bits per heavy atom. The van der Waals surface area contributed by atoms with Gasteiger partial charge in [-0.2, -0.15) is 0 Å². The van der Waals surface area contributed by atoms with Gasteiger partial charge in [0.05, 0.1) is 6.42 Å². The quantitative estimate of drug-likeness (QED) is 0.544. The molecule has 3 heteroatoms. The van der Waals surface area contributed by atoms with Gasteiger partial charge >= 0.3 is 5.97 Å². The number of carbonyl (C=O) groups excluding carboxylic acids is 1. The van der Waals surface area contributed by atoms with Crippen molar-refractivity contribution in [3.05, 3.63) is 0 Å². The van der Waals surface area contributed by atoms with E-state index in [1.807, 2.05) is 0 Å². The molecule has 0 spiro atoms. The van der Waals surface area contributed by atoms with Crippen molar-refractivity contribution in [3.8, 4) is 0 Å². The first kappa shape index (κ1) is 16.8. The predicted octanol–water partition coefficient (Wildman–Crippen LogP) is 4.20. The summed E-state index contributed by atoms with van der Waals surface area (Å²) in [5.41, 5.74) is 0. The van der Waals surface area contributed by atoms with Gasteiger partial charge in [-0.3, -0.25) is 4.79 Å². The summed E-state index contributed by atoms with van der Waals surface area (Å²) < 4.78 is 11.7. The van der Waals surface area contributed by atoms with Crippen molar-refractivity contribution in [1.29, 1.82) is 0 Å². The second-order valence-corrected chi connectivity index (χ2v) is 7.41. The number of unbranched alkanes of at least 4 members (excludes halogenated alkanes) is 1. The molecular weight excluding hydrogens is 264 g/mol. The SMILES string of the molecule is CCCCO[C@@H]1CC(=O)O[C@H]1C1CC(C)CCC1C(C)C. The number of esters is 1. The smallest absolute Gasteiger partial charge is 0.308 e. The monoisotopic (exact) mass is 296 g/mol. The molecule has 0 radical (unpaired) electrons. The van der Waals surface area contributed by atoms with E-state index in [0.29, 0.717) is 24.2 Å². The van der Waals surface area contributed by atoms with E-state index in [0.717, 1.165) is 25.4 Å². The van der Waals surface area contributed by atoms with Crippen LogP contribution in [0.4, 0.5) is 0 Å². The summed E-state index contributed by atoms with van der Waals surface area (Å²) in [5.74, 6) is 2.46. The molecule has 1 saturated carbocycles. The highest BCUT2D eigenvalue weighted by Gasteiger charge is 2.46. The van der Waals surface area contributed by atoms with Crippen LogP contribution < -0.4 is 0 Å². The molecule has 1 aliphatic carbocycles. The highest BCUT2D eigenvalue weighted by molar-refractivity contribution is 5.72.